The fraction of sp³-hybridized carbons (Fsp3) is 0.484. The van der Waals surface area contributed by atoms with Gasteiger partial charge in [0.1, 0.15) is 52.8 Å². The zero-order valence-corrected chi connectivity index (χ0v) is 55.6. The Morgan fingerprint density at radius 1 is 0.521 bits per heavy atom. The van der Waals surface area contributed by atoms with Gasteiger partial charge in [-0.3, -0.25) is 14.4 Å². The molecule has 3 aliphatic heterocycles. The molecule has 3 aromatic carbocycles. The van der Waals surface area contributed by atoms with Crippen LogP contribution >= 0.6 is 23.2 Å². The van der Waals surface area contributed by atoms with Crippen LogP contribution in [-0.2, 0) is 56.3 Å². The van der Waals surface area contributed by atoms with Crippen LogP contribution in [0.25, 0.3) is 33.8 Å². The molecular weight excluding hydrogens is 1270 g/mol. The quantitative estimate of drug-likeness (QED) is 0.0456. The van der Waals surface area contributed by atoms with Crippen LogP contribution in [0.4, 0.5) is 37.6 Å². The number of hydrogen-bond donors (Lipinski definition) is 9. The van der Waals surface area contributed by atoms with Gasteiger partial charge in [0, 0.05) is 77.5 Å². The zero-order chi connectivity index (χ0) is 69.1. The summed E-state index contributed by atoms with van der Waals surface area (Å²) in [6.45, 7) is 17.6. The Labute approximate surface area is 551 Å². The van der Waals surface area contributed by atoms with Gasteiger partial charge in [-0.2, -0.15) is 29.3 Å². The van der Waals surface area contributed by atoms with Crippen molar-refractivity contribution < 1.29 is 71.1 Å². The van der Waals surface area contributed by atoms with E-state index in [1.807, 2.05) is 53.5 Å². The van der Waals surface area contributed by atoms with Crippen molar-refractivity contribution in [3.8, 4) is 33.8 Å². The van der Waals surface area contributed by atoms with E-state index in [1.54, 1.807) is 39.0 Å². The number of nitrogens with one attached hydrogen (secondary N) is 6. The predicted octanol–water partition coefficient (Wildman–Crippen LogP) is 7.28. The zero-order valence-electron chi connectivity index (χ0n) is 54.0. The summed E-state index contributed by atoms with van der Waals surface area (Å²) < 4.78 is 71.8. The van der Waals surface area contributed by atoms with Crippen molar-refractivity contribution in [1.29, 1.82) is 0 Å². The molecule has 3 atom stereocenters. The molecule has 0 saturated carbocycles. The van der Waals surface area contributed by atoms with E-state index in [4.69, 9.17) is 48.0 Å². The van der Waals surface area contributed by atoms with Crippen LogP contribution in [0.3, 0.4) is 0 Å². The molecule has 3 aromatic heterocycles. The van der Waals surface area contributed by atoms with Gasteiger partial charge in [-0.1, -0.05) is 85.5 Å². The maximum absolute atomic E-state index is 14.7. The average molecular weight is 1360 g/mol. The van der Waals surface area contributed by atoms with E-state index in [-0.39, 0.29) is 85.1 Å². The van der Waals surface area contributed by atoms with Crippen molar-refractivity contribution >= 4 is 64.7 Å². The largest absolute Gasteiger partial charge is 0.395 e. The van der Waals surface area contributed by atoms with Gasteiger partial charge in [0.25, 0.3) is 0 Å². The molecule has 0 unspecified atom stereocenters. The summed E-state index contributed by atoms with van der Waals surface area (Å²) in [5, 5.41) is 56.5. The normalized spacial score (nSPS) is 14.6. The van der Waals surface area contributed by atoms with E-state index in [0.29, 0.717) is 72.2 Å². The van der Waals surface area contributed by atoms with Gasteiger partial charge >= 0.3 is 18.1 Å². The Hall–Kier alpha value is -7.99. The van der Waals surface area contributed by atoms with Gasteiger partial charge in [-0.25, -0.2) is 31.9 Å². The average Bonchev–Trinajstić information content (AvgIpc) is 1.63. The van der Waals surface area contributed by atoms with E-state index >= 15 is 0 Å². The molecule has 0 bridgehead atoms. The Bertz CT molecular complexity index is 3750. The lowest BCUT2D eigenvalue weighted by Gasteiger charge is -2.30. The molecule has 9 N–H and O–H groups in total. The van der Waals surface area contributed by atoms with Gasteiger partial charge in [0.15, 0.2) is 0 Å². The van der Waals surface area contributed by atoms with Crippen LogP contribution in [0.1, 0.15) is 96.9 Å². The van der Waals surface area contributed by atoms with Crippen molar-refractivity contribution in [3.63, 3.8) is 0 Å². The molecule has 0 radical (unpaired) electrons. The van der Waals surface area contributed by atoms with Crippen molar-refractivity contribution in [2.24, 2.45) is 16.2 Å². The van der Waals surface area contributed by atoms with Gasteiger partial charge in [-0.15, -0.1) is 0 Å². The summed E-state index contributed by atoms with van der Waals surface area (Å²) in [4.78, 5) is 79.2. The number of benzene rings is 3. The van der Waals surface area contributed by atoms with Crippen molar-refractivity contribution in [1.82, 2.24) is 61.2 Å². The van der Waals surface area contributed by atoms with E-state index in [9.17, 15) is 46.3 Å². The molecule has 0 aliphatic carbocycles. The summed E-state index contributed by atoms with van der Waals surface area (Å²) >= 11 is 11.8. The highest BCUT2D eigenvalue weighted by molar-refractivity contribution is 6.31. The van der Waals surface area contributed by atoms with Crippen LogP contribution in [0.2, 0.25) is 10.0 Å². The van der Waals surface area contributed by atoms with Crippen LogP contribution in [0.5, 0.6) is 0 Å². The standard InChI is InChI=1S/C22H29ClFN5O3.C21H26ClFN4O4.C21H26F2N4O4/c1-22(2,3)19(20(31)25-9-11-30)26-21(32)29-16-6-5-10-28(4)18(16)17(27-29)14-8-7-13(23)12-15(14)24;1-21(2,3)18(19(29)24-7-8-28)25-20(30)27-16-11-31-9-6-14(16)17(26-27)13-5-4-12(22)10-15(13)23;1-21(2,3)18(19(29)24-7-8-28)25-20(30)27-16-6-9-31-11-14(16)17(26-27)13-10-12(22)4-5-15(13)23/h7-8,12,19,30H,5-6,9-11H2,1-4H3,(H,25,31)(H,26,32);2*4-5,10,18,28H,6-9,11H2,1-3H3,(H,24,29)(H,25,30)/t19-;2*18-/m111/s1. The Balaban J connectivity index is 0.000000200. The third-order valence-corrected chi connectivity index (χ3v) is 15.9. The summed E-state index contributed by atoms with van der Waals surface area (Å²) in [5.41, 5.74) is 3.00. The highest BCUT2D eigenvalue weighted by Crippen LogP contribution is 2.39. The van der Waals surface area contributed by atoms with Gasteiger partial charge in [0.2, 0.25) is 17.7 Å². The number of halogens is 6. The number of amides is 6. The highest BCUT2D eigenvalue weighted by Gasteiger charge is 2.39. The van der Waals surface area contributed by atoms with Crippen LogP contribution in [0.15, 0.2) is 54.6 Å². The second-order valence-electron chi connectivity index (χ2n) is 25.7. The summed E-state index contributed by atoms with van der Waals surface area (Å²) in [5.74, 6) is -3.64. The van der Waals surface area contributed by atoms with Crippen molar-refractivity contribution in [3.05, 3.63) is 116 Å². The third-order valence-electron chi connectivity index (χ3n) is 15.4. The predicted molar refractivity (Wildman–Crippen MR) is 343 cm³/mol. The second kappa shape index (κ2) is 31.5. The topological polar surface area (TPSA) is 310 Å². The molecule has 24 nitrogen and oxygen atoms in total. The van der Waals surface area contributed by atoms with Gasteiger partial charge in [0.05, 0.1) is 74.7 Å². The maximum atomic E-state index is 14.7. The first-order valence-corrected chi connectivity index (χ1v) is 31.2. The number of fused-ring (bicyclic) bond motifs is 3. The minimum absolute atomic E-state index is 0.0544. The minimum atomic E-state index is -0.916. The molecule has 6 heterocycles. The van der Waals surface area contributed by atoms with Crippen LogP contribution < -0.4 is 36.8 Å². The number of anilines is 1. The molecular formula is C64H81Cl2F4N13O11. The lowest BCUT2D eigenvalue weighted by Crippen LogP contribution is -2.55. The number of aliphatic hydroxyl groups is 3. The Morgan fingerprint density at radius 2 is 0.947 bits per heavy atom. The summed E-state index contributed by atoms with van der Waals surface area (Å²) in [6, 6.07) is 7.13. The Kier molecular flexibility index (Phi) is 24.6. The van der Waals surface area contributed by atoms with Crippen LogP contribution in [-0.4, -0.2) is 165 Å². The maximum Gasteiger partial charge on any atom is 0.343 e. The molecule has 6 aromatic rings. The first-order valence-electron chi connectivity index (χ1n) is 30.5. The van der Waals surface area contributed by atoms with E-state index in [1.165, 1.54) is 22.9 Å². The molecule has 3 aliphatic rings. The number of aliphatic hydroxyl groups excluding tert-OH is 3. The first-order chi connectivity index (χ1) is 44.3. The molecule has 0 fully saturated rings. The fourth-order valence-corrected chi connectivity index (χ4v) is 11.0. The molecule has 6 amide bonds. The number of rotatable bonds is 15. The monoisotopic (exact) mass is 1350 g/mol. The van der Waals surface area contributed by atoms with Gasteiger partial charge in [-0.05, 0) is 90.1 Å². The third kappa shape index (κ3) is 17.7. The Morgan fingerprint density at radius 3 is 1.41 bits per heavy atom. The smallest absolute Gasteiger partial charge is 0.343 e. The van der Waals surface area contributed by atoms with Crippen molar-refractivity contribution in [2.75, 3.05) is 71.2 Å². The summed E-state index contributed by atoms with van der Waals surface area (Å²) in [6.07, 6.45) is 2.22. The van der Waals surface area contributed by atoms with Crippen molar-refractivity contribution in [2.45, 2.75) is 119 Å². The van der Waals surface area contributed by atoms with E-state index in [0.717, 1.165) is 46.1 Å². The van der Waals surface area contributed by atoms with Gasteiger partial charge < -0.3 is 61.6 Å². The molecule has 510 valence electrons. The number of carbonyl (C=O) groups excluding carboxylic acids is 6. The molecule has 9 rings (SSSR count). The number of carbonyl (C=O) groups is 6. The number of nitrogens with zero attached hydrogens (tertiary/aromatic N) is 7. The van der Waals surface area contributed by atoms with Crippen LogP contribution in [0, 0.1) is 39.5 Å². The second-order valence-corrected chi connectivity index (χ2v) is 26.6. The molecule has 0 saturated heterocycles. The summed E-state index contributed by atoms with van der Waals surface area (Å²) in [7, 11) is 1.87. The number of hydrogen-bond acceptors (Lipinski definition) is 15. The lowest BCUT2D eigenvalue weighted by atomic mass is 9.86. The molecule has 94 heavy (non-hydrogen) atoms. The lowest BCUT2D eigenvalue weighted by molar-refractivity contribution is -0.126. The SMILES string of the molecule is CC(C)(C)[C@H](NC(=O)n1nc(-c2cc(F)ccc2F)c2c1CCOC2)C(=O)NCCO.CC(C)(C)[C@H](NC(=O)n1nc(-c2ccc(Cl)cc2F)c2c1COCC2)C(=O)NCCO.CN1CCCc2c1c(-c1ccc(Cl)cc1F)nn2C(=O)N[C@H](C(=O)NCCO)C(C)(C)C. The first kappa shape index (κ1) is 73.4. The van der Waals surface area contributed by atoms with E-state index in [2.05, 4.69) is 47.2 Å². The number of ether oxygens (including phenoxy) is 2. The van der Waals surface area contributed by atoms with E-state index < -0.39 is 93.5 Å². The minimum Gasteiger partial charge on any atom is -0.395 e. The highest BCUT2D eigenvalue weighted by atomic mass is 35.5. The molecule has 30 heteroatoms. The fourth-order valence-electron chi connectivity index (χ4n) is 10.7. The molecule has 0 spiro atoms. The number of aromatic nitrogens is 6.